The maximum Gasteiger partial charge on any atom is 0.416 e. The standard InChI is InChI=1S/C17H19F3N2O2/c1-11-4-9-15(24-11)10-22(3)12(2)16(23)21-14-7-5-13(6-8-14)17(18,19)20/h4-9,12H,10H2,1-3H3,(H,21,23)/p+1/t12-/m1/s1. The molecular weight excluding hydrogens is 321 g/mol. The van der Waals surface area contributed by atoms with Crippen LogP contribution >= 0.6 is 0 Å². The zero-order valence-corrected chi connectivity index (χ0v) is 13.7. The van der Waals surface area contributed by atoms with E-state index in [0.29, 0.717) is 12.2 Å². The fraction of sp³-hybridized carbons (Fsp3) is 0.353. The number of carbonyl (C=O) groups is 1. The highest BCUT2D eigenvalue weighted by molar-refractivity contribution is 5.93. The summed E-state index contributed by atoms with van der Waals surface area (Å²) in [6.07, 6.45) is -4.39. The highest BCUT2D eigenvalue weighted by Gasteiger charge is 2.30. The number of halogens is 3. The number of benzene rings is 1. The van der Waals surface area contributed by atoms with Crippen molar-refractivity contribution in [3.63, 3.8) is 0 Å². The molecule has 1 unspecified atom stereocenters. The molecule has 0 fully saturated rings. The van der Waals surface area contributed by atoms with Crippen molar-refractivity contribution in [2.45, 2.75) is 32.6 Å². The van der Waals surface area contributed by atoms with Crippen molar-refractivity contribution in [3.05, 3.63) is 53.5 Å². The first-order valence-corrected chi connectivity index (χ1v) is 7.52. The molecule has 2 atom stereocenters. The molecule has 0 aliphatic carbocycles. The molecule has 0 aliphatic heterocycles. The van der Waals surface area contributed by atoms with Crippen molar-refractivity contribution in [3.8, 4) is 0 Å². The third kappa shape index (κ3) is 4.61. The van der Waals surface area contributed by atoms with E-state index in [1.165, 1.54) is 12.1 Å². The maximum atomic E-state index is 12.5. The second kappa shape index (κ2) is 7.09. The van der Waals surface area contributed by atoms with Crippen LogP contribution in [0.2, 0.25) is 0 Å². The van der Waals surface area contributed by atoms with Crippen LogP contribution in [0.5, 0.6) is 0 Å². The number of hydrogen-bond acceptors (Lipinski definition) is 2. The third-order valence-electron chi connectivity index (χ3n) is 3.86. The summed E-state index contributed by atoms with van der Waals surface area (Å²) < 4.78 is 43.1. The number of alkyl halides is 3. The van der Waals surface area contributed by atoms with E-state index in [-0.39, 0.29) is 5.91 Å². The third-order valence-corrected chi connectivity index (χ3v) is 3.86. The number of nitrogens with one attached hydrogen (secondary N) is 2. The largest absolute Gasteiger partial charge is 0.460 e. The van der Waals surface area contributed by atoms with E-state index in [2.05, 4.69) is 5.32 Å². The molecular formula is C17H20F3N2O2+. The van der Waals surface area contributed by atoms with Crippen LogP contribution in [0.1, 0.15) is 24.0 Å². The lowest BCUT2D eigenvalue weighted by Crippen LogP contribution is -3.12. The Labute approximate surface area is 138 Å². The van der Waals surface area contributed by atoms with E-state index in [1.54, 1.807) is 6.92 Å². The first-order chi connectivity index (χ1) is 11.2. The molecule has 0 aliphatic rings. The minimum absolute atomic E-state index is 0.268. The van der Waals surface area contributed by atoms with Gasteiger partial charge in [0.25, 0.3) is 5.91 Å². The molecule has 7 heteroatoms. The first kappa shape index (κ1) is 18.1. The predicted molar refractivity (Wildman–Crippen MR) is 83.6 cm³/mol. The monoisotopic (exact) mass is 341 g/mol. The highest BCUT2D eigenvalue weighted by atomic mass is 19.4. The van der Waals surface area contributed by atoms with Crippen LogP contribution in [0.15, 0.2) is 40.8 Å². The minimum Gasteiger partial charge on any atom is -0.460 e. The smallest absolute Gasteiger partial charge is 0.416 e. The Morgan fingerprint density at radius 2 is 1.83 bits per heavy atom. The van der Waals surface area contributed by atoms with Crippen molar-refractivity contribution in [1.29, 1.82) is 0 Å². The summed E-state index contributed by atoms with van der Waals surface area (Å²) in [5.74, 6) is 1.31. The average Bonchev–Trinajstić information content (AvgIpc) is 2.91. The van der Waals surface area contributed by atoms with Gasteiger partial charge in [0.15, 0.2) is 11.8 Å². The Bertz CT molecular complexity index is 693. The highest BCUT2D eigenvalue weighted by Crippen LogP contribution is 2.29. The Kier molecular flexibility index (Phi) is 5.33. The van der Waals surface area contributed by atoms with E-state index >= 15 is 0 Å². The quantitative estimate of drug-likeness (QED) is 0.878. The van der Waals surface area contributed by atoms with Crippen molar-refractivity contribution < 1.29 is 27.3 Å². The normalized spacial score (nSPS) is 14.2. The zero-order chi connectivity index (χ0) is 17.9. The summed E-state index contributed by atoms with van der Waals surface area (Å²) in [4.78, 5) is 13.2. The molecule has 1 heterocycles. The van der Waals surface area contributed by atoms with Crippen molar-refractivity contribution >= 4 is 11.6 Å². The lowest BCUT2D eigenvalue weighted by molar-refractivity contribution is -0.908. The van der Waals surface area contributed by atoms with Gasteiger partial charge in [0, 0.05) is 5.69 Å². The molecule has 2 rings (SSSR count). The Morgan fingerprint density at radius 1 is 1.21 bits per heavy atom. The van der Waals surface area contributed by atoms with E-state index in [1.807, 2.05) is 26.1 Å². The van der Waals surface area contributed by atoms with Gasteiger partial charge in [-0.15, -0.1) is 0 Å². The molecule has 2 aromatic rings. The van der Waals surface area contributed by atoms with Gasteiger partial charge in [-0.1, -0.05) is 0 Å². The summed E-state index contributed by atoms with van der Waals surface area (Å²) >= 11 is 0. The van der Waals surface area contributed by atoms with E-state index in [4.69, 9.17) is 4.42 Å². The van der Waals surface area contributed by atoms with Crippen LogP contribution in [0.3, 0.4) is 0 Å². The van der Waals surface area contributed by atoms with Gasteiger partial charge in [0.1, 0.15) is 12.3 Å². The lowest BCUT2D eigenvalue weighted by atomic mass is 10.2. The SMILES string of the molecule is Cc1ccc(C[NH+](C)[C@H](C)C(=O)Nc2ccc(C(F)(F)F)cc2)o1. The molecule has 1 aromatic carbocycles. The predicted octanol–water partition coefficient (Wildman–Crippen LogP) is 2.65. The van der Waals surface area contributed by atoms with Crippen LogP contribution in [0.25, 0.3) is 0 Å². The minimum atomic E-state index is -4.39. The lowest BCUT2D eigenvalue weighted by Gasteiger charge is -2.20. The Morgan fingerprint density at radius 3 is 2.33 bits per heavy atom. The van der Waals surface area contributed by atoms with Gasteiger partial charge >= 0.3 is 6.18 Å². The van der Waals surface area contributed by atoms with Crippen LogP contribution in [0, 0.1) is 6.92 Å². The van der Waals surface area contributed by atoms with Crippen molar-refractivity contribution in [2.75, 3.05) is 12.4 Å². The molecule has 0 saturated heterocycles. The van der Waals surface area contributed by atoms with Crippen molar-refractivity contribution in [1.82, 2.24) is 0 Å². The molecule has 24 heavy (non-hydrogen) atoms. The van der Waals surface area contributed by atoms with Gasteiger partial charge in [-0.25, -0.2) is 0 Å². The first-order valence-electron chi connectivity index (χ1n) is 7.52. The van der Waals surface area contributed by atoms with E-state index in [0.717, 1.165) is 28.6 Å². The molecule has 0 bridgehead atoms. The average molecular weight is 341 g/mol. The summed E-state index contributed by atoms with van der Waals surface area (Å²) in [6, 6.07) is 7.72. The summed E-state index contributed by atoms with van der Waals surface area (Å²) in [5, 5.41) is 2.63. The van der Waals surface area contributed by atoms with E-state index < -0.39 is 17.8 Å². The molecule has 1 aromatic heterocycles. The van der Waals surface area contributed by atoms with E-state index in [9.17, 15) is 18.0 Å². The van der Waals surface area contributed by atoms with Crippen LogP contribution in [-0.2, 0) is 17.5 Å². The molecule has 0 saturated carbocycles. The number of hydrogen-bond donors (Lipinski definition) is 2. The number of amides is 1. The second-order valence-electron chi connectivity index (χ2n) is 5.82. The number of likely N-dealkylation sites (N-methyl/N-ethyl adjacent to an activating group) is 1. The number of aryl methyl sites for hydroxylation is 1. The molecule has 0 radical (unpaired) electrons. The summed E-state index contributed by atoms with van der Waals surface area (Å²) in [6.45, 7) is 4.14. The molecule has 2 N–H and O–H groups in total. The topological polar surface area (TPSA) is 46.7 Å². The molecule has 0 spiro atoms. The van der Waals surface area contributed by atoms with Gasteiger partial charge in [-0.3, -0.25) is 4.79 Å². The van der Waals surface area contributed by atoms with Crippen LogP contribution in [0.4, 0.5) is 18.9 Å². The van der Waals surface area contributed by atoms with Gasteiger partial charge in [-0.2, -0.15) is 13.2 Å². The second-order valence-corrected chi connectivity index (χ2v) is 5.82. The van der Waals surface area contributed by atoms with Crippen LogP contribution in [-0.4, -0.2) is 19.0 Å². The molecule has 1 amide bonds. The fourth-order valence-corrected chi connectivity index (χ4v) is 2.22. The number of carbonyl (C=O) groups excluding carboxylic acids is 1. The Balaban J connectivity index is 1.95. The Hall–Kier alpha value is -2.28. The number of quaternary nitrogens is 1. The van der Waals surface area contributed by atoms with Crippen molar-refractivity contribution in [2.24, 2.45) is 0 Å². The van der Waals surface area contributed by atoms with Crippen LogP contribution < -0.4 is 10.2 Å². The maximum absolute atomic E-state index is 12.5. The molecule has 130 valence electrons. The zero-order valence-electron chi connectivity index (χ0n) is 13.7. The number of rotatable bonds is 5. The number of anilines is 1. The van der Waals surface area contributed by atoms with Gasteiger partial charge in [0.05, 0.1) is 12.6 Å². The van der Waals surface area contributed by atoms with Gasteiger partial charge in [0.2, 0.25) is 0 Å². The summed E-state index contributed by atoms with van der Waals surface area (Å²) in [7, 11) is 1.86. The fourth-order valence-electron chi connectivity index (χ4n) is 2.22. The molecule has 4 nitrogen and oxygen atoms in total. The van der Waals surface area contributed by atoms with Gasteiger partial charge < -0.3 is 14.6 Å². The number of furan rings is 1. The van der Waals surface area contributed by atoms with Gasteiger partial charge in [-0.05, 0) is 50.2 Å². The summed E-state index contributed by atoms with van der Waals surface area (Å²) in [5.41, 5.74) is -0.411.